The van der Waals surface area contributed by atoms with Crippen molar-refractivity contribution in [2.75, 3.05) is 6.61 Å². The number of benzene rings is 3. The molecule has 0 bridgehead atoms. The third-order valence-electron chi connectivity index (χ3n) is 5.50. The van der Waals surface area contributed by atoms with Gasteiger partial charge in [-0.05, 0) is 60.9 Å². The molecule has 4 rings (SSSR count). The molecule has 0 aromatic heterocycles. The van der Waals surface area contributed by atoms with Crippen molar-refractivity contribution in [2.24, 2.45) is 0 Å². The maximum atomic E-state index is 13.1. The molecule has 0 atom stereocenters. The molecule has 3 aromatic carbocycles. The lowest BCUT2D eigenvalue weighted by molar-refractivity contribution is -0.122. The first-order valence-corrected chi connectivity index (χ1v) is 12.6. The van der Waals surface area contributed by atoms with Gasteiger partial charge in [0.2, 0.25) is 0 Å². The first-order valence-electron chi connectivity index (χ1n) is 11.4. The molecule has 3 aromatic rings. The van der Waals surface area contributed by atoms with Crippen molar-refractivity contribution in [1.29, 1.82) is 0 Å². The predicted octanol–water partition coefficient (Wildman–Crippen LogP) is 6.07. The number of ether oxygens (including phenoxy) is 2. The van der Waals surface area contributed by atoms with Crippen LogP contribution in [-0.2, 0) is 17.9 Å². The summed E-state index contributed by atoms with van der Waals surface area (Å²) in [5.41, 5.74) is 4.05. The fourth-order valence-electron chi connectivity index (χ4n) is 3.57. The number of aromatic carboxylic acids is 1. The molecule has 36 heavy (non-hydrogen) atoms. The number of rotatable bonds is 9. The zero-order valence-corrected chi connectivity index (χ0v) is 21.5. The van der Waals surface area contributed by atoms with E-state index in [2.05, 4.69) is 0 Å². The number of hydrogen-bond donors (Lipinski definition) is 1. The number of thiocarbonyl (C=S) groups is 1. The Bertz CT molecular complexity index is 1320. The van der Waals surface area contributed by atoms with Gasteiger partial charge >= 0.3 is 5.97 Å². The van der Waals surface area contributed by atoms with Gasteiger partial charge in [0.05, 0.1) is 23.6 Å². The third kappa shape index (κ3) is 6.13. The van der Waals surface area contributed by atoms with E-state index in [4.69, 9.17) is 26.8 Å². The lowest BCUT2D eigenvalue weighted by atomic mass is 10.1. The topological polar surface area (TPSA) is 76.1 Å². The Kier molecular flexibility index (Phi) is 8.07. The van der Waals surface area contributed by atoms with Crippen LogP contribution in [0.5, 0.6) is 11.5 Å². The number of carboxylic acid groups (broad SMARTS) is 1. The number of hydrogen-bond acceptors (Lipinski definition) is 6. The number of nitrogens with zero attached hydrogens (tertiary/aromatic N) is 1. The van der Waals surface area contributed by atoms with Gasteiger partial charge in [0.15, 0.2) is 11.5 Å². The molecule has 1 aliphatic rings. The van der Waals surface area contributed by atoms with Crippen LogP contribution in [0, 0.1) is 6.92 Å². The zero-order chi connectivity index (χ0) is 25.7. The van der Waals surface area contributed by atoms with E-state index in [-0.39, 0.29) is 18.1 Å². The minimum absolute atomic E-state index is 0.117. The van der Waals surface area contributed by atoms with Gasteiger partial charge in [0.25, 0.3) is 5.91 Å². The van der Waals surface area contributed by atoms with Crippen molar-refractivity contribution in [2.45, 2.75) is 27.0 Å². The fraction of sp³-hybridized carbons (Fsp3) is 0.179. The highest BCUT2D eigenvalue weighted by atomic mass is 32.2. The largest absolute Gasteiger partial charge is 0.490 e. The molecule has 6 nitrogen and oxygen atoms in total. The SMILES string of the molecule is CCOc1cc(C=C2SC(=S)N(Cc3ccc(C)cc3)C2=O)ccc1OCc1ccc(C(=O)O)cc1. The molecule has 1 aliphatic heterocycles. The van der Waals surface area contributed by atoms with E-state index in [1.165, 1.54) is 11.8 Å². The second-order valence-corrected chi connectivity index (χ2v) is 9.86. The smallest absolute Gasteiger partial charge is 0.335 e. The van der Waals surface area contributed by atoms with Crippen molar-refractivity contribution in [3.63, 3.8) is 0 Å². The fourth-order valence-corrected chi connectivity index (χ4v) is 4.83. The Labute approximate surface area is 219 Å². The van der Waals surface area contributed by atoms with Gasteiger partial charge in [0.1, 0.15) is 10.9 Å². The van der Waals surface area contributed by atoms with Crippen LogP contribution in [0.4, 0.5) is 0 Å². The molecule has 184 valence electrons. The lowest BCUT2D eigenvalue weighted by Crippen LogP contribution is -2.27. The monoisotopic (exact) mass is 519 g/mol. The number of thioether (sulfide) groups is 1. The summed E-state index contributed by atoms with van der Waals surface area (Å²) in [5.74, 6) is 0.0317. The molecule has 0 saturated carbocycles. The zero-order valence-electron chi connectivity index (χ0n) is 19.9. The van der Waals surface area contributed by atoms with E-state index in [1.807, 2.05) is 56.3 Å². The molecule has 1 N–H and O–H groups in total. The highest BCUT2D eigenvalue weighted by Gasteiger charge is 2.32. The number of aryl methyl sites for hydroxylation is 1. The van der Waals surface area contributed by atoms with E-state index in [0.717, 1.165) is 22.3 Å². The van der Waals surface area contributed by atoms with Crippen LogP contribution in [0.25, 0.3) is 6.08 Å². The van der Waals surface area contributed by atoms with E-state index >= 15 is 0 Å². The lowest BCUT2D eigenvalue weighted by Gasteiger charge is -2.14. The molecule has 1 heterocycles. The van der Waals surface area contributed by atoms with Gasteiger partial charge in [0, 0.05) is 0 Å². The number of carbonyl (C=O) groups excluding carboxylic acids is 1. The molecule has 1 fully saturated rings. The van der Waals surface area contributed by atoms with Crippen LogP contribution < -0.4 is 9.47 Å². The normalized spacial score (nSPS) is 14.4. The van der Waals surface area contributed by atoms with Gasteiger partial charge in [-0.1, -0.05) is 72.0 Å². The Morgan fingerprint density at radius 3 is 2.36 bits per heavy atom. The minimum Gasteiger partial charge on any atom is -0.490 e. The highest BCUT2D eigenvalue weighted by Crippen LogP contribution is 2.36. The first-order chi connectivity index (χ1) is 17.3. The van der Waals surface area contributed by atoms with Gasteiger partial charge in [-0.3, -0.25) is 9.69 Å². The first kappa shape index (κ1) is 25.5. The molecule has 0 radical (unpaired) electrons. The quantitative estimate of drug-likeness (QED) is 0.272. The van der Waals surface area contributed by atoms with Crippen LogP contribution in [-0.4, -0.2) is 32.8 Å². The van der Waals surface area contributed by atoms with Crippen LogP contribution >= 0.6 is 24.0 Å². The summed E-state index contributed by atoms with van der Waals surface area (Å²) >= 11 is 6.77. The average molecular weight is 520 g/mol. The summed E-state index contributed by atoms with van der Waals surface area (Å²) in [7, 11) is 0. The Morgan fingerprint density at radius 1 is 1.00 bits per heavy atom. The number of amides is 1. The standard InChI is InChI=1S/C28H25NO5S2/c1-3-33-24-14-21(10-13-23(24)34-17-20-8-11-22(12-9-20)27(31)32)15-25-26(30)29(28(35)36-25)16-19-6-4-18(2)5-7-19/h4-15H,3,16-17H2,1-2H3,(H,31,32). The Hall–Kier alpha value is -3.62. The second kappa shape index (κ2) is 11.4. The van der Waals surface area contributed by atoms with Crippen molar-refractivity contribution >= 4 is 46.3 Å². The minimum atomic E-state index is -0.969. The summed E-state index contributed by atoms with van der Waals surface area (Å²) in [5, 5.41) is 9.04. The number of carbonyl (C=O) groups is 2. The molecule has 1 saturated heterocycles. The Balaban J connectivity index is 1.48. The summed E-state index contributed by atoms with van der Waals surface area (Å²) in [4.78, 5) is 26.3. The second-order valence-electron chi connectivity index (χ2n) is 8.18. The van der Waals surface area contributed by atoms with Gasteiger partial charge in [-0.2, -0.15) is 0 Å². The summed E-state index contributed by atoms with van der Waals surface area (Å²) in [6.45, 7) is 5.06. The molecular formula is C28H25NO5S2. The van der Waals surface area contributed by atoms with E-state index in [0.29, 0.717) is 33.9 Å². The molecule has 8 heteroatoms. The van der Waals surface area contributed by atoms with E-state index in [1.54, 1.807) is 35.2 Å². The summed E-state index contributed by atoms with van der Waals surface area (Å²) < 4.78 is 12.2. The maximum Gasteiger partial charge on any atom is 0.335 e. The maximum absolute atomic E-state index is 13.1. The van der Waals surface area contributed by atoms with E-state index < -0.39 is 5.97 Å². The van der Waals surface area contributed by atoms with Crippen molar-refractivity contribution in [3.05, 3.63) is 99.5 Å². The predicted molar refractivity (Wildman–Crippen MR) is 145 cm³/mol. The summed E-state index contributed by atoms with van der Waals surface area (Å²) in [6, 6.07) is 20.1. The van der Waals surface area contributed by atoms with Crippen LogP contribution in [0.1, 0.15) is 39.5 Å². The molecule has 0 unspecified atom stereocenters. The van der Waals surface area contributed by atoms with Crippen molar-refractivity contribution in [1.82, 2.24) is 4.90 Å². The van der Waals surface area contributed by atoms with Gasteiger partial charge in [-0.25, -0.2) is 4.79 Å². The molecule has 0 spiro atoms. The van der Waals surface area contributed by atoms with Crippen molar-refractivity contribution < 1.29 is 24.2 Å². The summed E-state index contributed by atoms with van der Waals surface area (Å²) in [6.07, 6.45) is 1.81. The third-order valence-corrected chi connectivity index (χ3v) is 6.87. The number of carboxylic acids is 1. The Morgan fingerprint density at radius 2 is 1.69 bits per heavy atom. The van der Waals surface area contributed by atoms with Crippen LogP contribution in [0.2, 0.25) is 0 Å². The van der Waals surface area contributed by atoms with Gasteiger partial charge < -0.3 is 14.6 Å². The molecule has 1 amide bonds. The van der Waals surface area contributed by atoms with Crippen molar-refractivity contribution in [3.8, 4) is 11.5 Å². The van der Waals surface area contributed by atoms with E-state index in [9.17, 15) is 9.59 Å². The molecule has 0 aliphatic carbocycles. The van der Waals surface area contributed by atoms with Gasteiger partial charge in [-0.15, -0.1) is 0 Å². The van der Waals surface area contributed by atoms with Crippen LogP contribution in [0.15, 0.2) is 71.6 Å². The van der Waals surface area contributed by atoms with Crippen LogP contribution in [0.3, 0.4) is 0 Å². The average Bonchev–Trinajstić information content (AvgIpc) is 3.12. The molecular weight excluding hydrogens is 494 g/mol. The highest BCUT2D eigenvalue weighted by molar-refractivity contribution is 8.26.